The number of hydrogen-bond acceptors (Lipinski definition) is 3. The van der Waals surface area contributed by atoms with E-state index in [0.29, 0.717) is 6.20 Å². The molecule has 9 heteroatoms. The molecule has 0 aliphatic carbocycles. The summed E-state index contributed by atoms with van der Waals surface area (Å²) in [5.41, 5.74) is -3.77. The molecule has 0 aliphatic heterocycles. The molecule has 1 rings (SSSR count). The van der Waals surface area contributed by atoms with E-state index in [1.54, 1.807) is 0 Å². The summed E-state index contributed by atoms with van der Waals surface area (Å²) in [6.45, 7) is 1.43. The minimum atomic E-state index is -5.08. The van der Waals surface area contributed by atoms with Crippen LogP contribution in [0.4, 0.5) is 22.0 Å². The SMILES string of the molecule is CCOC(=O)Cc1cnc(Cl)c(C(F)F)c1C(F)(F)F. The van der Waals surface area contributed by atoms with Gasteiger partial charge in [0.15, 0.2) is 0 Å². The molecule has 0 fully saturated rings. The third-order valence-corrected chi connectivity index (χ3v) is 2.59. The number of carbonyl (C=O) groups excluding carboxylic acids is 1. The van der Waals surface area contributed by atoms with E-state index in [4.69, 9.17) is 11.6 Å². The Balaban J connectivity index is 3.38. The lowest BCUT2D eigenvalue weighted by molar-refractivity contribution is -0.144. The van der Waals surface area contributed by atoms with Crippen LogP contribution in [0.3, 0.4) is 0 Å². The Morgan fingerprint density at radius 2 is 2.05 bits per heavy atom. The average Bonchev–Trinajstić information content (AvgIpc) is 2.29. The zero-order valence-electron chi connectivity index (χ0n) is 10.1. The van der Waals surface area contributed by atoms with Gasteiger partial charge in [-0.2, -0.15) is 13.2 Å². The third kappa shape index (κ3) is 3.78. The van der Waals surface area contributed by atoms with Crippen molar-refractivity contribution in [2.45, 2.75) is 25.9 Å². The number of aromatic nitrogens is 1. The van der Waals surface area contributed by atoms with Crippen molar-refractivity contribution in [1.82, 2.24) is 4.98 Å². The molecular formula is C11H9ClF5NO2. The van der Waals surface area contributed by atoms with Gasteiger partial charge in [-0.25, -0.2) is 13.8 Å². The van der Waals surface area contributed by atoms with E-state index in [0.717, 1.165) is 0 Å². The zero-order chi connectivity index (χ0) is 15.5. The van der Waals surface area contributed by atoms with Crippen LogP contribution in [0.25, 0.3) is 0 Å². The topological polar surface area (TPSA) is 39.2 Å². The van der Waals surface area contributed by atoms with Gasteiger partial charge in [-0.1, -0.05) is 11.6 Å². The van der Waals surface area contributed by atoms with Gasteiger partial charge in [0.25, 0.3) is 6.43 Å². The van der Waals surface area contributed by atoms with Gasteiger partial charge in [0.1, 0.15) is 5.15 Å². The first-order valence-electron chi connectivity index (χ1n) is 5.36. The van der Waals surface area contributed by atoms with Gasteiger partial charge in [-0.15, -0.1) is 0 Å². The highest BCUT2D eigenvalue weighted by atomic mass is 35.5. The number of hydrogen-bond donors (Lipinski definition) is 0. The van der Waals surface area contributed by atoms with Crippen molar-refractivity contribution in [1.29, 1.82) is 0 Å². The lowest BCUT2D eigenvalue weighted by atomic mass is 10.0. The fourth-order valence-corrected chi connectivity index (χ4v) is 1.81. The van der Waals surface area contributed by atoms with Crippen molar-refractivity contribution in [2.75, 3.05) is 6.61 Å². The first-order chi connectivity index (χ1) is 9.18. The van der Waals surface area contributed by atoms with Crippen LogP contribution in [0.15, 0.2) is 6.20 Å². The maximum atomic E-state index is 12.9. The van der Waals surface area contributed by atoms with Crippen LogP contribution in [0.5, 0.6) is 0 Å². The smallest absolute Gasteiger partial charge is 0.417 e. The molecule has 0 saturated heterocycles. The second kappa shape index (κ2) is 6.34. The summed E-state index contributed by atoms with van der Waals surface area (Å²) in [6, 6.07) is 0. The van der Waals surface area contributed by atoms with Crippen LogP contribution >= 0.6 is 11.6 Å². The molecule has 1 heterocycles. The lowest BCUT2D eigenvalue weighted by Gasteiger charge is -2.17. The first-order valence-corrected chi connectivity index (χ1v) is 5.74. The molecule has 0 radical (unpaired) electrons. The van der Waals surface area contributed by atoms with E-state index >= 15 is 0 Å². The van der Waals surface area contributed by atoms with Gasteiger partial charge in [0, 0.05) is 6.20 Å². The number of rotatable bonds is 4. The number of halogens is 6. The van der Waals surface area contributed by atoms with E-state index in [1.165, 1.54) is 6.92 Å². The van der Waals surface area contributed by atoms with Gasteiger partial charge in [0.2, 0.25) is 0 Å². The summed E-state index contributed by atoms with van der Waals surface area (Å²) in [4.78, 5) is 14.5. The molecule has 3 nitrogen and oxygen atoms in total. The van der Waals surface area contributed by atoms with Gasteiger partial charge in [-0.05, 0) is 12.5 Å². The van der Waals surface area contributed by atoms with Crippen LogP contribution in [0.2, 0.25) is 5.15 Å². The number of nitrogens with zero attached hydrogens (tertiary/aromatic N) is 1. The second-order valence-electron chi connectivity index (χ2n) is 3.64. The Bertz CT molecular complexity index is 504. The molecular weight excluding hydrogens is 309 g/mol. The van der Waals surface area contributed by atoms with Crippen LogP contribution in [-0.4, -0.2) is 17.6 Å². The van der Waals surface area contributed by atoms with Crippen molar-refractivity contribution in [3.8, 4) is 0 Å². The minimum absolute atomic E-state index is 0.0388. The van der Waals surface area contributed by atoms with Crippen LogP contribution in [0, 0.1) is 0 Å². The molecule has 0 spiro atoms. The van der Waals surface area contributed by atoms with E-state index in [1.807, 2.05) is 0 Å². The van der Waals surface area contributed by atoms with Gasteiger partial charge >= 0.3 is 12.1 Å². The summed E-state index contributed by atoms with van der Waals surface area (Å²) < 4.78 is 68.7. The van der Waals surface area contributed by atoms with E-state index in [-0.39, 0.29) is 6.61 Å². The molecule has 1 aromatic rings. The molecule has 1 aromatic heterocycles. The summed E-state index contributed by atoms with van der Waals surface area (Å²) in [7, 11) is 0. The van der Waals surface area contributed by atoms with E-state index < -0.39 is 46.8 Å². The largest absolute Gasteiger partial charge is 0.466 e. The van der Waals surface area contributed by atoms with E-state index in [2.05, 4.69) is 9.72 Å². The van der Waals surface area contributed by atoms with Gasteiger partial charge < -0.3 is 4.74 Å². The van der Waals surface area contributed by atoms with E-state index in [9.17, 15) is 26.7 Å². The Morgan fingerprint density at radius 1 is 1.45 bits per heavy atom. The molecule has 20 heavy (non-hydrogen) atoms. The Morgan fingerprint density at radius 3 is 2.50 bits per heavy atom. The van der Waals surface area contributed by atoms with Crippen LogP contribution in [-0.2, 0) is 22.1 Å². The molecule has 112 valence electrons. The Labute approximate surface area is 115 Å². The molecule has 0 unspecified atom stereocenters. The number of carbonyl (C=O) groups is 1. The predicted molar refractivity (Wildman–Crippen MR) is 59.5 cm³/mol. The number of alkyl halides is 5. The van der Waals surface area contributed by atoms with Crippen molar-refractivity contribution >= 4 is 17.6 Å². The summed E-state index contributed by atoms with van der Waals surface area (Å²) >= 11 is 5.29. The molecule has 0 aromatic carbocycles. The standard InChI is InChI=1S/C11H9ClF5NO2/c1-2-20-6(19)3-5-4-18-9(12)7(10(13)14)8(5)11(15,16)17/h4,10H,2-3H2,1H3. The maximum absolute atomic E-state index is 12.9. The molecule has 0 aliphatic rings. The fraction of sp³-hybridized carbons (Fsp3) is 0.455. The Kier molecular flexibility index (Phi) is 5.27. The fourth-order valence-electron chi connectivity index (χ4n) is 1.58. The quantitative estimate of drug-likeness (QED) is 0.482. The molecule has 0 atom stereocenters. The van der Waals surface area contributed by atoms with Crippen LogP contribution < -0.4 is 0 Å². The zero-order valence-corrected chi connectivity index (χ0v) is 10.9. The summed E-state index contributed by atoms with van der Waals surface area (Å²) in [5.74, 6) is -0.970. The maximum Gasteiger partial charge on any atom is 0.417 e. The number of esters is 1. The normalized spacial score (nSPS) is 11.8. The third-order valence-electron chi connectivity index (χ3n) is 2.29. The monoisotopic (exact) mass is 317 g/mol. The predicted octanol–water partition coefficient (Wildman–Crippen LogP) is 3.80. The van der Waals surface area contributed by atoms with Crippen molar-refractivity contribution in [2.24, 2.45) is 0 Å². The average molecular weight is 318 g/mol. The highest BCUT2D eigenvalue weighted by Gasteiger charge is 2.40. The van der Waals surface area contributed by atoms with Gasteiger partial charge in [-0.3, -0.25) is 4.79 Å². The van der Waals surface area contributed by atoms with Crippen molar-refractivity contribution < 1.29 is 31.5 Å². The lowest BCUT2D eigenvalue weighted by Crippen LogP contribution is -2.18. The van der Waals surface area contributed by atoms with Crippen molar-refractivity contribution in [3.63, 3.8) is 0 Å². The first kappa shape index (κ1) is 16.6. The molecule has 0 bridgehead atoms. The number of ether oxygens (including phenoxy) is 1. The second-order valence-corrected chi connectivity index (χ2v) is 4.00. The highest BCUT2D eigenvalue weighted by Crippen LogP contribution is 2.41. The van der Waals surface area contributed by atoms with Crippen molar-refractivity contribution in [3.05, 3.63) is 28.0 Å². The minimum Gasteiger partial charge on any atom is -0.466 e. The highest BCUT2D eigenvalue weighted by molar-refractivity contribution is 6.30. The van der Waals surface area contributed by atoms with Gasteiger partial charge in [0.05, 0.1) is 24.2 Å². The summed E-state index contributed by atoms with van der Waals surface area (Å²) in [6.07, 6.45) is -8.71. The summed E-state index contributed by atoms with van der Waals surface area (Å²) in [5, 5.41) is -0.945. The Hall–Kier alpha value is -1.44. The molecule has 0 N–H and O–H groups in total. The molecule has 0 amide bonds. The van der Waals surface area contributed by atoms with Crippen LogP contribution in [0.1, 0.15) is 30.0 Å². The number of pyridine rings is 1. The molecule has 0 saturated carbocycles.